The van der Waals surface area contributed by atoms with Crippen LogP contribution in [0.2, 0.25) is 0 Å². The Labute approximate surface area is 270 Å². The number of nitrogens with one attached hydrogen (secondary N) is 1. The number of rotatable bonds is 9. The van der Waals surface area contributed by atoms with Gasteiger partial charge in [0, 0.05) is 43.5 Å². The van der Waals surface area contributed by atoms with Gasteiger partial charge in [0.2, 0.25) is 5.95 Å². The van der Waals surface area contributed by atoms with Crippen LogP contribution in [0, 0.1) is 6.92 Å². The van der Waals surface area contributed by atoms with E-state index in [1.54, 1.807) is 15.7 Å². The van der Waals surface area contributed by atoms with Crippen molar-refractivity contribution in [3.05, 3.63) is 83.3 Å². The quantitative estimate of drug-likeness (QED) is 0.244. The van der Waals surface area contributed by atoms with Crippen molar-refractivity contribution in [3.8, 4) is 5.75 Å². The molecule has 46 heavy (non-hydrogen) atoms. The second-order valence-corrected chi connectivity index (χ2v) is 11.3. The number of likely N-dealkylation sites (N-methyl/N-ethyl adjacent to an activating group) is 1. The summed E-state index contributed by atoms with van der Waals surface area (Å²) in [5, 5.41) is 4.00. The zero-order valence-corrected chi connectivity index (χ0v) is 27.3. The Bertz CT molecular complexity index is 1750. The highest BCUT2D eigenvalue weighted by Gasteiger charge is 2.31. The van der Waals surface area contributed by atoms with Crippen LogP contribution in [0.5, 0.6) is 5.75 Å². The first-order valence-corrected chi connectivity index (χ1v) is 15.8. The summed E-state index contributed by atoms with van der Waals surface area (Å²) < 4.78 is 13.3. The summed E-state index contributed by atoms with van der Waals surface area (Å²) in [6, 6.07) is 15.2. The highest BCUT2D eigenvalue weighted by atomic mass is 16.5. The van der Waals surface area contributed by atoms with E-state index in [0.29, 0.717) is 56.6 Å². The summed E-state index contributed by atoms with van der Waals surface area (Å²) in [5.41, 5.74) is 4.22. The Morgan fingerprint density at radius 1 is 1.15 bits per heavy atom. The van der Waals surface area contributed by atoms with Gasteiger partial charge >= 0.3 is 0 Å². The Morgan fingerprint density at radius 3 is 2.63 bits per heavy atom. The van der Waals surface area contributed by atoms with Gasteiger partial charge in [0.05, 0.1) is 24.0 Å². The third-order valence-electron chi connectivity index (χ3n) is 8.00. The standard InChI is InChI=1S/C33H37N7O4.C2H6/c1-5-29(41)39-15-14-38(27-8-6-7-22(2)30(27)39)28-19-23-20-34-33(36-31(23)40(32(28)42)25-13-17-43-21-25)35-24-9-11-26(12-10-24)44-18-16-37(3)4;1-2/h5-12,19-20,25H,1,13-18,21H2,2-4H3,(H,34,35,36);1-2H3. The number of pyridine rings is 1. The molecule has 2 aromatic carbocycles. The van der Waals surface area contributed by atoms with Gasteiger partial charge in [-0.15, -0.1) is 0 Å². The first-order valence-electron chi connectivity index (χ1n) is 15.8. The van der Waals surface area contributed by atoms with Gasteiger partial charge in [-0.2, -0.15) is 4.98 Å². The van der Waals surface area contributed by atoms with Crippen LogP contribution in [-0.4, -0.2) is 78.9 Å². The van der Waals surface area contributed by atoms with Gasteiger partial charge in [-0.05, 0) is 75.5 Å². The number of hydrogen-bond donors (Lipinski definition) is 1. The van der Waals surface area contributed by atoms with Crippen LogP contribution in [0.4, 0.5) is 28.7 Å². The zero-order valence-electron chi connectivity index (χ0n) is 27.3. The lowest BCUT2D eigenvalue weighted by molar-refractivity contribution is -0.114. The highest BCUT2D eigenvalue weighted by molar-refractivity contribution is 6.05. The van der Waals surface area contributed by atoms with Crippen molar-refractivity contribution >= 4 is 45.6 Å². The van der Waals surface area contributed by atoms with Crippen LogP contribution in [0.15, 0.2) is 72.2 Å². The fourth-order valence-corrected chi connectivity index (χ4v) is 5.76. The Balaban J connectivity index is 0.00000204. The first kappa shape index (κ1) is 32.6. The van der Waals surface area contributed by atoms with E-state index in [4.69, 9.17) is 14.5 Å². The number of aryl methyl sites for hydroxylation is 1. The van der Waals surface area contributed by atoms with Crippen molar-refractivity contribution in [2.75, 3.05) is 68.7 Å². The molecule has 1 unspecified atom stereocenters. The number of carbonyl (C=O) groups excluding carboxylic acids is 1. The smallest absolute Gasteiger partial charge is 0.276 e. The van der Waals surface area contributed by atoms with Crippen molar-refractivity contribution in [3.63, 3.8) is 0 Å². The summed E-state index contributed by atoms with van der Waals surface area (Å²) in [5.74, 6) is 1.00. The average Bonchev–Trinajstić information content (AvgIpc) is 3.60. The molecule has 1 N–H and O–H groups in total. The molecule has 0 bridgehead atoms. The molecule has 2 aliphatic heterocycles. The molecular weight excluding hydrogens is 582 g/mol. The number of nitrogens with zero attached hydrogens (tertiary/aromatic N) is 6. The molecule has 0 spiro atoms. The molecule has 4 aromatic rings. The molecule has 242 valence electrons. The molecule has 0 radical (unpaired) electrons. The number of aromatic nitrogens is 3. The third kappa shape index (κ3) is 6.75. The van der Waals surface area contributed by atoms with Gasteiger partial charge in [-0.1, -0.05) is 32.6 Å². The minimum Gasteiger partial charge on any atom is -0.492 e. The summed E-state index contributed by atoms with van der Waals surface area (Å²) in [7, 11) is 4.02. The third-order valence-corrected chi connectivity index (χ3v) is 8.00. The van der Waals surface area contributed by atoms with E-state index in [0.717, 1.165) is 40.3 Å². The van der Waals surface area contributed by atoms with E-state index in [1.807, 2.05) is 88.3 Å². The molecule has 2 aliphatic rings. The molecule has 11 nitrogen and oxygen atoms in total. The van der Waals surface area contributed by atoms with E-state index in [2.05, 4.69) is 21.8 Å². The number of anilines is 5. The maximum Gasteiger partial charge on any atom is 0.276 e. The predicted octanol–water partition coefficient (Wildman–Crippen LogP) is 5.44. The van der Waals surface area contributed by atoms with Crippen molar-refractivity contribution < 1.29 is 14.3 Å². The van der Waals surface area contributed by atoms with Gasteiger partial charge in [0.1, 0.15) is 23.7 Å². The normalized spacial score (nSPS) is 15.7. The van der Waals surface area contributed by atoms with Crippen LogP contribution >= 0.6 is 0 Å². The number of fused-ring (bicyclic) bond motifs is 2. The van der Waals surface area contributed by atoms with E-state index >= 15 is 0 Å². The Kier molecular flexibility index (Phi) is 10.3. The number of benzene rings is 2. The minimum absolute atomic E-state index is 0.159. The van der Waals surface area contributed by atoms with Gasteiger partial charge in [-0.25, -0.2) is 4.98 Å². The Hall–Kier alpha value is -4.74. The lowest BCUT2D eigenvalue weighted by Crippen LogP contribution is -2.44. The topological polar surface area (TPSA) is 105 Å². The Morgan fingerprint density at radius 2 is 1.93 bits per heavy atom. The molecule has 0 saturated carbocycles. The summed E-state index contributed by atoms with van der Waals surface area (Å²) in [4.78, 5) is 42.3. The molecular formula is C35H43N7O4. The SMILES string of the molecule is C=CC(=O)N1CCN(c2cc3cnc(Nc4ccc(OCCN(C)C)cc4)nc3n(C3CCOC3)c2=O)c2cccc(C)c21.CC. The van der Waals surface area contributed by atoms with Gasteiger partial charge in [0.15, 0.2) is 0 Å². The molecule has 1 amide bonds. The van der Waals surface area contributed by atoms with E-state index in [-0.39, 0.29) is 17.5 Å². The highest BCUT2D eigenvalue weighted by Crippen LogP contribution is 2.40. The maximum absolute atomic E-state index is 14.3. The number of carbonyl (C=O) groups is 1. The van der Waals surface area contributed by atoms with Crippen LogP contribution in [0.1, 0.15) is 31.9 Å². The fourth-order valence-electron chi connectivity index (χ4n) is 5.76. The van der Waals surface area contributed by atoms with Crippen LogP contribution < -0.4 is 25.4 Å². The fraction of sp³-hybridized carbons (Fsp3) is 0.371. The largest absolute Gasteiger partial charge is 0.492 e. The summed E-state index contributed by atoms with van der Waals surface area (Å²) >= 11 is 0. The molecule has 4 heterocycles. The molecule has 1 saturated heterocycles. The number of amides is 1. The van der Waals surface area contributed by atoms with Crippen molar-refractivity contribution in [1.82, 2.24) is 19.4 Å². The second-order valence-electron chi connectivity index (χ2n) is 11.3. The average molecular weight is 626 g/mol. The zero-order chi connectivity index (χ0) is 32.8. The number of para-hydroxylation sites is 1. The van der Waals surface area contributed by atoms with Gasteiger partial charge in [-0.3, -0.25) is 14.2 Å². The lowest BCUT2D eigenvalue weighted by Gasteiger charge is -2.38. The van der Waals surface area contributed by atoms with Crippen LogP contribution in [0.25, 0.3) is 11.0 Å². The van der Waals surface area contributed by atoms with Crippen molar-refractivity contribution in [1.29, 1.82) is 0 Å². The minimum atomic E-state index is -0.167. The summed E-state index contributed by atoms with van der Waals surface area (Å²) in [6.45, 7) is 13.0. The van der Waals surface area contributed by atoms with Crippen LogP contribution in [0.3, 0.4) is 0 Å². The van der Waals surface area contributed by atoms with Gasteiger partial charge in [0.25, 0.3) is 11.5 Å². The number of hydrogen-bond acceptors (Lipinski definition) is 9. The van der Waals surface area contributed by atoms with Crippen molar-refractivity contribution in [2.24, 2.45) is 0 Å². The van der Waals surface area contributed by atoms with E-state index in [1.165, 1.54) is 6.08 Å². The summed E-state index contributed by atoms with van der Waals surface area (Å²) in [6.07, 6.45) is 3.78. The predicted molar refractivity (Wildman–Crippen MR) is 184 cm³/mol. The second kappa shape index (κ2) is 14.6. The van der Waals surface area contributed by atoms with Crippen molar-refractivity contribution in [2.45, 2.75) is 33.2 Å². The number of ether oxygens (including phenoxy) is 2. The molecule has 2 aromatic heterocycles. The molecule has 0 aliphatic carbocycles. The molecule has 1 fully saturated rings. The van der Waals surface area contributed by atoms with E-state index < -0.39 is 0 Å². The monoisotopic (exact) mass is 625 g/mol. The molecule has 11 heteroatoms. The van der Waals surface area contributed by atoms with Crippen LogP contribution in [-0.2, 0) is 9.53 Å². The maximum atomic E-state index is 14.3. The lowest BCUT2D eigenvalue weighted by atomic mass is 10.1. The first-order chi connectivity index (χ1) is 22.3. The molecule has 6 rings (SSSR count). The van der Waals surface area contributed by atoms with E-state index in [9.17, 15) is 9.59 Å². The van der Waals surface area contributed by atoms with Gasteiger partial charge < -0.3 is 29.5 Å². The molecule has 1 atom stereocenters.